The topological polar surface area (TPSA) is 18.0 Å². The van der Waals surface area contributed by atoms with Crippen LogP contribution in [-0.4, -0.2) is 11.2 Å². The van der Waals surface area contributed by atoms with Gasteiger partial charge in [-0.15, -0.1) is 0 Å². The van der Waals surface area contributed by atoms with Crippen LogP contribution < -0.4 is 9.30 Å². The summed E-state index contributed by atoms with van der Waals surface area (Å²) in [5.74, 6) is 1.33. The molecule has 1 atom stereocenters. The summed E-state index contributed by atoms with van der Waals surface area (Å²) in [6.07, 6.45) is 2.26. The highest BCUT2D eigenvalue weighted by molar-refractivity contribution is 5.35. The molecule has 1 aliphatic rings. The maximum atomic E-state index is 6.30. The second-order valence-corrected chi connectivity index (χ2v) is 8.24. The Labute approximate surface area is 178 Å². The van der Waals surface area contributed by atoms with Crippen molar-refractivity contribution in [3.8, 4) is 5.88 Å². The molecule has 3 nitrogen and oxygen atoms in total. The quantitative estimate of drug-likeness (QED) is 0.407. The molecule has 0 fully saturated rings. The van der Waals surface area contributed by atoms with Crippen LogP contribution in [0.15, 0.2) is 97.3 Å². The molecule has 1 aromatic heterocycles. The van der Waals surface area contributed by atoms with Gasteiger partial charge in [-0.3, -0.25) is 0 Å². The van der Waals surface area contributed by atoms with Gasteiger partial charge in [0.25, 0.3) is 0 Å². The maximum absolute atomic E-state index is 6.30. The van der Waals surface area contributed by atoms with Gasteiger partial charge >= 0.3 is 5.88 Å². The van der Waals surface area contributed by atoms with Gasteiger partial charge in [-0.25, -0.2) is 4.57 Å². The largest absolute Gasteiger partial charge is 0.454 e. The van der Waals surface area contributed by atoms with Crippen molar-refractivity contribution >= 4 is 0 Å². The average Bonchev–Trinajstić information content (AvgIpc) is 3.35. The molecule has 5 rings (SSSR count). The first kappa shape index (κ1) is 18.7. The molecule has 0 aliphatic carbocycles. The Morgan fingerprint density at radius 2 is 1.33 bits per heavy atom. The van der Waals surface area contributed by atoms with Gasteiger partial charge in [0.15, 0.2) is 17.8 Å². The third kappa shape index (κ3) is 3.21. The van der Waals surface area contributed by atoms with Crippen LogP contribution >= 0.6 is 0 Å². The van der Waals surface area contributed by atoms with Crippen molar-refractivity contribution in [1.29, 1.82) is 0 Å². The lowest BCUT2D eigenvalue weighted by molar-refractivity contribution is -0.696. The van der Waals surface area contributed by atoms with E-state index in [4.69, 9.17) is 4.74 Å². The van der Waals surface area contributed by atoms with Gasteiger partial charge in [-0.2, -0.15) is 4.57 Å². The third-order valence-electron chi connectivity index (χ3n) is 5.93. The molecule has 0 spiro atoms. The lowest BCUT2D eigenvalue weighted by Crippen LogP contribution is -2.36. The maximum Gasteiger partial charge on any atom is 0.329 e. The van der Waals surface area contributed by atoms with E-state index in [-0.39, 0.29) is 12.1 Å². The highest BCUT2D eigenvalue weighted by atomic mass is 16.5. The van der Waals surface area contributed by atoms with Gasteiger partial charge < -0.3 is 4.74 Å². The van der Waals surface area contributed by atoms with Gasteiger partial charge in [-0.1, -0.05) is 105 Å². The Morgan fingerprint density at radius 1 is 0.800 bits per heavy atom. The van der Waals surface area contributed by atoms with Gasteiger partial charge in [0.2, 0.25) is 6.33 Å². The Hall–Kier alpha value is -3.33. The van der Waals surface area contributed by atoms with E-state index in [0.717, 1.165) is 5.88 Å². The molecule has 3 heteroatoms. The normalized spacial score (nSPS) is 15.4. The van der Waals surface area contributed by atoms with Crippen LogP contribution in [0.25, 0.3) is 0 Å². The number of imidazole rings is 1. The standard InChI is InChI=1S/C27H27N2O/c1-20(2)25-27-28(24(18-30-27)21-12-6-3-7-13-21)19-29(25)26(22-14-8-4-9-15-22)23-16-10-5-11-17-23/h3-17,19-20,24,26H,18H2,1-2H3/q+1/t24-/m0/s1. The van der Waals surface area contributed by atoms with Crippen LogP contribution in [0.3, 0.4) is 0 Å². The fourth-order valence-electron chi connectivity index (χ4n) is 4.57. The van der Waals surface area contributed by atoms with Crippen molar-refractivity contribution in [1.82, 2.24) is 4.57 Å². The molecule has 0 saturated carbocycles. The summed E-state index contributed by atoms with van der Waals surface area (Å²) in [4.78, 5) is 0. The Balaban J connectivity index is 1.70. The number of ether oxygens (including phenoxy) is 1. The zero-order valence-corrected chi connectivity index (χ0v) is 17.5. The SMILES string of the molecule is CC(C)c1c2[n+](cn1C(c1ccccc1)c1ccccc1)[C@H](c1ccccc1)CO2. The number of fused-ring (bicyclic) bond motifs is 1. The first-order valence-electron chi connectivity index (χ1n) is 10.7. The Bertz CT molecular complexity index is 1080. The van der Waals surface area contributed by atoms with E-state index in [9.17, 15) is 0 Å². The lowest BCUT2D eigenvalue weighted by Gasteiger charge is -2.18. The molecule has 0 radical (unpaired) electrons. The molecule has 1 aliphatic heterocycles. The van der Waals surface area contributed by atoms with Crippen molar-refractivity contribution in [3.05, 3.63) is 120 Å². The summed E-state index contributed by atoms with van der Waals surface area (Å²) in [5.41, 5.74) is 5.07. The number of nitrogens with zero attached hydrogens (tertiary/aromatic N) is 2. The van der Waals surface area contributed by atoms with Crippen LogP contribution in [0.1, 0.15) is 54.2 Å². The summed E-state index contributed by atoms with van der Waals surface area (Å²) in [6.45, 7) is 5.18. The average molecular weight is 396 g/mol. The zero-order valence-electron chi connectivity index (χ0n) is 17.5. The van der Waals surface area contributed by atoms with E-state index in [1.807, 2.05) is 0 Å². The summed E-state index contributed by atoms with van der Waals surface area (Å²) < 4.78 is 11.0. The summed E-state index contributed by atoms with van der Waals surface area (Å²) in [6, 6.07) is 32.4. The highest BCUT2D eigenvalue weighted by Crippen LogP contribution is 2.37. The van der Waals surface area contributed by atoms with Crippen molar-refractivity contribution in [2.75, 3.05) is 6.61 Å². The van der Waals surface area contributed by atoms with Crippen LogP contribution in [0.5, 0.6) is 5.88 Å². The van der Waals surface area contributed by atoms with Crippen molar-refractivity contribution in [2.24, 2.45) is 0 Å². The van der Waals surface area contributed by atoms with Gasteiger partial charge in [0.05, 0.1) is 0 Å². The number of aromatic nitrogens is 2. The van der Waals surface area contributed by atoms with E-state index < -0.39 is 0 Å². The summed E-state index contributed by atoms with van der Waals surface area (Å²) >= 11 is 0. The Kier molecular flexibility index (Phi) is 4.88. The second kappa shape index (κ2) is 7.83. The van der Waals surface area contributed by atoms with Crippen LogP contribution in [0, 0.1) is 0 Å². The molecule has 0 bridgehead atoms. The van der Waals surface area contributed by atoms with Crippen LogP contribution in [0.4, 0.5) is 0 Å². The second-order valence-electron chi connectivity index (χ2n) is 8.24. The van der Waals surface area contributed by atoms with Crippen LogP contribution in [0.2, 0.25) is 0 Å². The highest BCUT2D eigenvalue weighted by Gasteiger charge is 2.40. The Morgan fingerprint density at radius 3 is 1.87 bits per heavy atom. The number of hydrogen-bond donors (Lipinski definition) is 0. The van der Waals surface area contributed by atoms with Gasteiger partial charge in [-0.05, 0) is 0 Å². The molecular weight excluding hydrogens is 368 g/mol. The summed E-state index contributed by atoms with van der Waals surface area (Å²) in [7, 11) is 0. The smallest absolute Gasteiger partial charge is 0.329 e. The first-order chi connectivity index (χ1) is 14.7. The van der Waals surface area contributed by atoms with Crippen molar-refractivity contribution in [3.63, 3.8) is 0 Å². The first-order valence-corrected chi connectivity index (χ1v) is 10.7. The van der Waals surface area contributed by atoms with Crippen molar-refractivity contribution < 1.29 is 9.30 Å². The molecule has 150 valence electrons. The molecule has 3 aromatic carbocycles. The van der Waals surface area contributed by atoms with Gasteiger partial charge in [0.1, 0.15) is 6.61 Å². The fourth-order valence-corrected chi connectivity index (χ4v) is 4.57. The third-order valence-corrected chi connectivity index (χ3v) is 5.93. The molecule has 2 heterocycles. The van der Waals surface area contributed by atoms with Crippen LogP contribution in [-0.2, 0) is 0 Å². The lowest BCUT2D eigenvalue weighted by atomic mass is 9.97. The predicted molar refractivity (Wildman–Crippen MR) is 119 cm³/mol. The molecule has 0 unspecified atom stereocenters. The minimum atomic E-state index is 0.0999. The summed E-state index contributed by atoms with van der Waals surface area (Å²) in [5, 5.41) is 0. The molecule has 30 heavy (non-hydrogen) atoms. The minimum absolute atomic E-state index is 0.0999. The van der Waals surface area contributed by atoms with Gasteiger partial charge in [0, 0.05) is 22.6 Å². The van der Waals surface area contributed by atoms with E-state index >= 15 is 0 Å². The number of hydrogen-bond acceptors (Lipinski definition) is 1. The van der Waals surface area contributed by atoms with Crippen molar-refractivity contribution in [2.45, 2.75) is 31.8 Å². The van der Waals surface area contributed by atoms with E-state index in [0.29, 0.717) is 12.5 Å². The molecule has 0 amide bonds. The molecular formula is C27H27N2O+. The minimum Gasteiger partial charge on any atom is -0.454 e. The zero-order chi connectivity index (χ0) is 20.5. The van der Waals surface area contributed by atoms with E-state index in [1.165, 1.54) is 22.4 Å². The molecule has 0 saturated heterocycles. The monoisotopic (exact) mass is 395 g/mol. The predicted octanol–water partition coefficient (Wildman–Crippen LogP) is 5.52. The number of benzene rings is 3. The molecule has 4 aromatic rings. The number of rotatable bonds is 5. The van der Waals surface area contributed by atoms with E-state index in [2.05, 4.69) is 120 Å². The van der Waals surface area contributed by atoms with E-state index in [1.54, 1.807) is 0 Å². The fraction of sp³-hybridized carbons (Fsp3) is 0.222. The molecule has 0 N–H and O–H groups in total.